The summed E-state index contributed by atoms with van der Waals surface area (Å²) in [6.07, 6.45) is 23.2. The van der Waals surface area contributed by atoms with Crippen molar-refractivity contribution < 1.29 is 4.79 Å². The zero-order chi connectivity index (χ0) is 19.4. The molecular formula is C25H39NO. The molecule has 1 aromatic rings. The number of hydrogen-bond donors (Lipinski definition) is 1. The van der Waals surface area contributed by atoms with Crippen LogP contribution in [0.2, 0.25) is 0 Å². The molecule has 2 nitrogen and oxygen atoms in total. The topological polar surface area (TPSA) is 29.1 Å². The molecule has 1 N–H and O–H groups in total. The monoisotopic (exact) mass is 369 g/mol. The van der Waals surface area contributed by atoms with Crippen molar-refractivity contribution in [3.8, 4) is 0 Å². The summed E-state index contributed by atoms with van der Waals surface area (Å²) in [5.41, 5.74) is 1.16. The van der Waals surface area contributed by atoms with Gasteiger partial charge in [0.2, 0.25) is 5.91 Å². The van der Waals surface area contributed by atoms with Crippen molar-refractivity contribution in [2.75, 3.05) is 0 Å². The maximum Gasteiger partial charge on any atom is 0.220 e. The van der Waals surface area contributed by atoms with Gasteiger partial charge in [-0.3, -0.25) is 4.79 Å². The summed E-state index contributed by atoms with van der Waals surface area (Å²) in [6.45, 7) is 2.89. The number of amides is 1. The van der Waals surface area contributed by atoms with Crippen molar-refractivity contribution in [2.24, 2.45) is 0 Å². The number of allylic oxidation sites excluding steroid dienone is 4. The van der Waals surface area contributed by atoms with E-state index in [0.717, 1.165) is 24.8 Å². The van der Waals surface area contributed by atoms with Gasteiger partial charge in [-0.05, 0) is 44.1 Å². The number of benzene rings is 1. The highest BCUT2D eigenvalue weighted by Crippen LogP contribution is 2.08. The highest BCUT2D eigenvalue weighted by atomic mass is 16.1. The van der Waals surface area contributed by atoms with Crippen LogP contribution in [-0.2, 0) is 11.3 Å². The van der Waals surface area contributed by atoms with E-state index in [1.165, 1.54) is 51.4 Å². The molecule has 0 aliphatic rings. The molecule has 1 aromatic carbocycles. The van der Waals surface area contributed by atoms with Gasteiger partial charge in [0.15, 0.2) is 0 Å². The Morgan fingerprint density at radius 3 is 2.15 bits per heavy atom. The summed E-state index contributed by atoms with van der Waals surface area (Å²) in [5, 5.41) is 2.99. The maximum absolute atomic E-state index is 11.8. The molecule has 0 fully saturated rings. The Hall–Kier alpha value is -1.83. The molecule has 0 aromatic heterocycles. The molecular weight excluding hydrogens is 330 g/mol. The molecule has 0 unspecified atom stereocenters. The molecule has 0 heterocycles. The molecule has 1 rings (SSSR count). The van der Waals surface area contributed by atoms with Gasteiger partial charge in [0, 0.05) is 13.0 Å². The van der Waals surface area contributed by atoms with E-state index in [4.69, 9.17) is 0 Å². The fourth-order valence-corrected chi connectivity index (χ4v) is 2.98. The maximum atomic E-state index is 11.8. The van der Waals surface area contributed by atoms with Crippen LogP contribution in [0.25, 0.3) is 0 Å². The second-order valence-electron chi connectivity index (χ2n) is 7.24. The fraction of sp³-hybridized carbons (Fsp3) is 0.560. The number of carbonyl (C=O) groups is 1. The zero-order valence-corrected chi connectivity index (χ0v) is 17.3. The molecule has 0 atom stereocenters. The average Bonchev–Trinajstić information content (AvgIpc) is 2.70. The normalized spacial score (nSPS) is 11.4. The van der Waals surface area contributed by atoms with E-state index in [0.29, 0.717) is 13.0 Å². The lowest BCUT2D eigenvalue weighted by molar-refractivity contribution is -0.121. The van der Waals surface area contributed by atoms with Gasteiger partial charge in [0.25, 0.3) is 0 Å². The average molecular weight is 370 g/mol. The quantitative estimate of drug-likeness (QED) is 0.244. The number of carbonyl (C=O) groups excluding carboxylic acids is 1. The molecule has 0 aliphatic heterocycles. The van der Waals surface area contributed by atoms with Crippen LogP contribution in [0.3, 0.4) is 0 Å². The van der Waals surface area contributed by atoms with Crippen LogP contribution in [0.4, 0.5) is 0 Å². The Kier molecular flexibility index (Phi) is 15.1. The number of rotatable bonds is 16. The van der Waals surface area contributed by atoms with Crippen LogP contribution in [0, 0.1) is 0 Å². The Bertz CT molecular complexity index is 518. The van der Waals surface area contributed by atoms with E-state index < -0.39 is 0 Å². The van der Waals surface area contributed by atoms with Gasteiger partial charge >= 0.3 is 0 Å². The Labute approximate surface area is 167 Å². The molecule has 0 aliphatic carbocycles. The predicted octanol–water partition coefficient (Wildman–Crippen LogP) is 7.12. The van der Waals surface area contributed by atoms with E-state index in [9.17, 15) is 4.79 Å². The third-order valence-corrected chi connectivity index (χ3v) is 4.69. The molecule has 0 saturated heterocycles. The van der Waals surface area contributed by atoms with Crippen molar-refractivity contribution in [3.05, 3.63) is 60.2 Å². The third kappa shape index (κ3) is 15.0. The lowest BCUT2D eigenvalue weighted by Gasteiger charge is -2.05. The van der Waals surface area contributed by atoms with Gasteiger partial charge in [-0.2, -0.15) is 0 Å². The van der Waals surface area contributed by atoms with E-state index in [1.54, 1.807) is 0 Å². The molecule has 0 spiro atoms. The third-order valence-electron chi connectivity index (χ3n) is 4.69. The van der Waals surface area contributed by atoms with Crippen LogP contribution in [0.1, 0.15) is 89.5 Å². The first-order chi connectivity index (χ1) is 13.3. The second-order valence-corrected chi connectivity index (χ2v) is 7.24. The smallest absolute Gasteiger partial charge is 0.220 e. The number of nitrogens with one attached hydrogen (secondary N) is 1. The Morgan fingerprint density at radius 1 is 0.815 bits per heavy atom. The van der Waals surface area contributed by atoms with E-state index >= 15 is 0 Å². The number of hydrogen-bond acceptors (Lipinski definition) is 1. The van der Waals surface area contributed by atoms with E-state index in [1.807, 2.05) is 30.3 Å². The molecule has 0 bridgehead atoms. The minimum atomic E-state index is 0.171. The molecule has 27 heavy (non-hydrogen) atoms. The molecule has 2 heteroatoms. The summed E-state index contributed by atoms with van der Waals surface area (Å²) in [5.74, 6) is 0.171. The fourth-order valence-electron chi connectivity index (χ4n) is 2.98. The Morgan fingerprint density at radius 2 is 1.44 bits per heavy atom. The highest BCUT2D eigenvalue weighted by molar-refractivity contribution is 5.75. The van der Waals surface area contributed by atoms with Gasteiger partial charge in [-0.15, -0.1) is 0 Å². The van der Waals surface area contributed by atoms with Crippen LogP contribution in [-0.4, -0.2) is 5.91 Å². The number of unbranched alkanes of at least 4 members (excludes halogenated alkanes) is 8. The molecule has 1 amide bonds. The van der Waals surface area contributed by atoms with Gasteiger partial charge in [0.1, 0.15) is 0 Å². The minimum Gasteiger partial charge on any atom is -0.352 e. The van der Waals surface area contributed by atoms with E-state index in [2.05, 4.69) is 36.5 Å². The SMILES string of the molecule is CCCCC/C=C\C/C=C\CCCCCCCC(=O)NCc1ccccc1. The highest BCUT2D eigenvalue weighted by Gasteiger charge is 2.00. The zero-order valence-electron chi connectivity index (χ0n) is 17.3. The van der Waals surface area contributed by atoms with Gasteiger partial charge in [-0.1, -0.05) is 93.7 Å². The summed E-state index contributed by atoms with van der Waals surface area (Å²) < 4.78 is 0. The van der Waals surface area contributed by atoms with Crippen molar-refractivity contribution in [1.82, 2.24) is 5.32 Å². The van der Waals surface area contributed by atoms with E-state index in [-0.39, 0.29) is 5.91 Å². The van der Waals surface area contributed by atoms with Crippen molar-refractivity contribution >= 4 is 5.91 Å². The molecule has 150 valence electrons. The van der Waals surface area contributed by atoms with Crippen molar-refractivity contribution in [2.45, 2.75) is 90.5 Å². The standard InChI is InChI=1S/C25H39NO/c1-2-3-4-5-6-7-8-9-10-11-12-13-14-15-19-22-25(27)26-23-24-20-17-16-18-21-24/h6-7,9-10,16-18,20-21H,2-5,8,11-15,19,22-23H2,1H3,(H,26,27)/b7-6-,10-9-. The van der Waals surface area contributed by atoms with Crippen molar-refractivity contribution in [3.63, 3.8) is 0 Å². The second kappa shape index (κ2) is 17.6. The van der Waals surface area contributed by atoms with Gasteiger partial charge in [-0.25, -0.2) is 0 Å². The van der Waals surface area contributed by atoms with Crippen LogP contribution >= 0.6 is 0 Å². The van der Waals surface area contributed by atoms with Gasteiger partial charge in [0.05, 0.1) is 0 Å². The molecule has 0 saturated carbocycles. The summed E-state index contributed by atoms with van der Waals surface area (Å²) in [7, 11) is 0. The summed E-state index contributed by atoms with van der Waals surface area (Å²) >= 11 is 0. The minimum absolute atomic E-state index is 0.171. The Balaban J connectivity index is 1.85. The molecule has 0 radical (unpaired) electrons. The summed E-state index contributed by atoms with van der Waals surface area (Å²) in [4.78, 5) is 11.8. The van der Waals surface area contributed by atoms with Crippen LogP contribution < -0.4 is 5.32 Å². The largest absolute Gasteiger partial charge is 0.352 e. The van der Waals surface area contributed by atoms with Crippen LogP contribution in [0.15, 0.2) is 54.6 Å². The first-order valence-corrected chi connectivity index (χ1v) is 10.9. The van der Waals surface area contributed by atoms with Gasteiger partial charge < -0.3 is 5.32 Å². The predicted molar refractivity (Wildman–Crippen MR) is 118 cm³/mol. The lowest BCUT2D eigenvalue weighted by Crippen LogP contribution is -2.22. The first kappa shape index (κ1) is 23.2. The first-order valence-electron chi connectivity index (χ1n) is 10.9. The summed E-state index contributed by atoms with van der Waals surface area (Å²) in [6, 6.07) is 10.1. The van der Waals surface area contributed by atoms with Crippen LogP contribution in [0.5, 0.6) is 0 Å². The lowest BCUT2D eigenvalue weighted by atomic mass is 10.1. The van der Waals surface area contributed by atoms with Crippen molar-refractivity contribution in [1.29, 1.82) is 0 Å².